The number of hydrogen-bond donors (Lipinski definition) is 0. The maximum absolute atomic E-state index is 3.30. The van der Waals surface area contributed by atoms with Gasteiger partial charge in [-0.05, 0) is 12.8 Å². The smallest absolute Gasteiger partial charge is 0.0253 e. The van der Waals surface area contributed by atoms with Crippen molar-refractivity contribution in [2.45, 2.75) is 78.6 Å². The molecular formula is C44H50Cl2Hf2Si2. The first-order chi connectivity index (χ1) is 23.2. The molecule has 0 fully saturated rings. The molecule has 0 spiro atoms. The third-order valence-corrected chi connectivity index (χ3v) is 7.53. The fourth-order valence-electron chi connectivity index (χ4n) is 5.38. The van der Waals surface area contributed by atoms with Crippen LogP contribution in [0.25, 0.3) is 22.3 Å². The predicted octanol–water partition coefficient (Wildman–Crippen LogP) is 12.7. The van der Waals surface area contributed by atoms with Gasteiger partial charge in [-0.15, -0.1) is 48.8 Å². The third-order valence-electron chi connectivity index (χ3n) is 7.53. The molecule has 0 heterocycles. The number of halogens is 2. The molecular weight excluding hydrogens is 1010 g/mol. The molecule has 0 radical (unpaired) electrons. The molecule has 0 saturated heterocycles. The molecule has 50 heavy (non-hydrogen) atoms. The Balaban J connectivity index is 0.000000317. The zero-order valence-electron chi connectivity index (χ0n) is 30.5. The molecule has 0 aromatic heterocycles. The fourth-order valence-corrected chi connectivity index (χ4v) is 5.38. The molecule has 4 aliphatic rings. The van der Waals surface area contributed by atoms with Gasteiger partial charge < -0.3 is 0 Å². The molecule has 4 aromatic carbocycles. The van der Waals surface area contributed by atoms with Gasteiger partial charge >= 0.3 is 83.2 Å². The van der Waals surface area contributed by atoms with Crippen molar-refractivity contribution in [3.8, 4) is 22.3 Å². The first-order valence-electron chi connectivity index (χ1n) is 16.9. The van der Waals surface area contributed by atoms with Gasteiger partial charge in [-0.3, -0.25) is 12.2 Å². The normalized spacial score (nSPS) is 12.4. The van der Waals surface area contributed by atoms with Crippen molar-refractivity contribution in [1.29, 1.82) is 0 Å². The van der Waals surface area contributed by atoms with E-state index in [4.69, 9.17) is 0 Å². The van der Waals surface area contributed by atoms with E-state index in [9.17, 15) is 0 Å². The Kier molecular flexibility index (Phi) is 24.6. The van der Waals surface area contributed by atoms with Crippen LogP contribution in [-0.4, -0.2) is 11.0 Å². The second-order valence-electron chi connectivity index (χ2n) is 12.1. The summed E-state index contributed by atoms with van der Waals surface area (Å²) in [6.45, 7) is 13.6. The van der Waals surface area contributed by atoms with Gasteiger partial charge in [0.1, 0.15) is 0 Å². The molecule has 0 saturated carbocycles. The molecule has 256 valence electrons. The van der Waals surface area contributed by atoms with Gasteiger partial charge in [-0.2, -0.15) is 71.8 Å². The van der Waals surface area contributed by atoms with Crippen LogP contribution in [-0.2, 0) is 58.8 Å². The maximum atomic E-state index is 3.30. The summed E-state index contributed by atoms with van der Waals surface area (Å²) in [4.78, 5) is 0. The Morgan fingerprint density at radius 1 is 0.540 bits per heavy atom. The number of rotatable bonds is 2. The van der Waals surface area contributed by atoms with E-state index in [1.54, 1.807) is 0 Å². The largest absolute Gasteiger partial charge is 0.179 e. The summed E-state index contributed by atoms with van der Waals surface area (Å²) in [5.41, 5.74) is 14.3. The van der Waals surface area contributed by atoms with Gasteiger partial charge in [0.05, 0.1) is 0 Å². The fraction of sp³-hybridized carbons (Fsp3) is 0.273. The Bertz CT molecular complexity index is 1560. The second kappa shape index (κ2) is 26.4. The Morgan fingerprint density at radius 3 is 1.18 bits per heavy atom. The van der Waals surface area contributed by atoms with E-state index < -0.39 is 0 Å². The first-order valence-corrected chi connectivity index (χ1v) is 32.7. The van der Waals surface area contributed by atoms with Crippen LogP contribution in [0, 0.1) is 24.3 Å². The van der Waals surface area contributed by atoms with Gasteiger partial charge in [-0.25, -0.2) is 23.3 Å². The van der Waals surface area contributed by atoms with Crippen LogP contribution >= 0.6 is 24.8 Å². The van der Waals surface area contributed by atoms with E-state index in [2.05, 4.69) is 161 Å². The van der Waals surface area contributed by atoms with E-state index >= 15 is 0 Å². The average Bonchev–Trinajstić information content (AvgIpc) is 3.91. The zero-order valence-corrected chi connectivity index (χ0v) is 41.3. The number of allylic oxidation sites excluding steroid dienone is 8. The van der Waals surface area contributed by atoms with Gasteiger partial charge in [0.15, 0.2) is 0 Å². The number of benzene rings is 4. The first kappa shape index (κ1) is 46.6. The zero-order chi connectivity index (χ0) is 34.7. The van der Waals surface area contributed by atoms with Crippen molar-refractivity contribution in [3.05, 3.63) is 167 Å². The summed E-state index contributed by atoms with van der Waals surface area (Å²) in [5, 5.41) is 0. The van der Waals surface area contributed by atoms with E-state index in [1.165, 1.54) is 102 Å². The van der Waals surface area contributed by atoms with Gasteiger partial charge in [-0.1, -0.05) is 97.5 Å². The minimum absolute atomic E-state index is 0. The third kappa shape index (κ3) is 16.5. The maximum Gasteiger partial charge on any atom is -0.0253 e. The molecule has 0 bridgehead atoms. The molecule has 4 aromatic rings. The summed E-state index contributed by atoms with van der Waals surface area (Å²) < 4.78 is 0. The SMILES string of the molecule is CCC1=[C-]CC=C1.CCC1=[C-]CC=C1.C[Si](C)=[Hf+2].C[Si](C)=[Hf+2].Cl.Cl.[c-]1cccc2c1Cc1ccccc1-2.[c-]1cccc2c1Cc1ccccc1-2. The van der Waals surface area contributed by atoms with Gasteiger partial charge in [0.2, 0.25) is 0 Å². The molecule has 0 amide bonds. The van der Waals surface area contributed by atoms with Crippen LogP contribution in [0.1, 0.15) is 61.8 Å². The van der Waals surface area contributed by atoms with Crippen molar-refractivity contribution in [3.63, 3.8) is 0 Å². The molecule has 0 aliphatic heterocycles. The summed E-state index contributed by atoms with van der Waals surface area (Å²) in [5.74, 6) is 0. The molecule has 4 aliphatic carbocycles. The Labute approximate surface area is 346 Å². The molecule has 6 heteroatoms. The summed E-state index contributed by atoms with van der Waals surface area (Å²) in [6, 6.07) is 36.2. The topological polar surface area (TPSA) is 0 Å². The van der Waals surface area contributed by atoms with Crippen molar-refractivity contribution in [2.75, 3.05) is 0 Å². The van der Waals surface area contributed by atoms with Crippen LogP contribution in [0.3, 0.4) is 0 Å². The van der Waals surface area contributed by atoms with Crippen molar-refractivity contribution >= 4 is 35.8 Å². The molecule has 0 unspecified atom stereocenters. The van der Waals surface area contributed by atoms with E-state index in [0.29, 0.717) is 0 Å². The van der Waals surface area contributed by atoms with E-state index in [1.807, 2.05) is 12.1 Å². The number of fused-ring (bicyclic) bond motifs is 6. The molecule has 0 N–H and O–H groups in total. The standard InChI is InChI=1S/2C13H9.2C7H9.2C2H6Si.2ClH.2Hf/c2*1-3-7-12-10(5-1)9-11-6-2-4-8-13(11)12;2*1-2-7-5-3-4-6-7;2*1-3-2;;;;/h2*1-5,7-8H,9H2;2*3,5H,2,4H2,1H3;2*1-2H3;2*1H;;/q4*-1;;;;;2*+2. The molecule has 8 rings (SSSR count). The Hall–Kier alpha value is -1.41. The van der Waals surface area contributed by atoms with Crippen LogP contribution in [0.2, 0.25) is 26.2 Å². The van der Waals surface area contributed by atoms with Crippen LogP contribution < -0.4 is 0 Å². The summed E-state index contributed by atoms with van der Waals surface area (Å²) in [6.07, 6.45) is 21.4. The molecule has 0 nitrogen and oxygen atoms in total. The minimum atomic E-state index is 0. The monoisotopic (exact) mass is 1060 g/mol. The van der Waals surface area contributed by atoms with Crippen molar-refractivity contribution < 1.29 is 46.0 Å². The summed E-state index contributed by atoms with van der Waals surface area (Å²) >= 11 is 2.90. The van der Waals surface area contributed by atoms with Crippen LogP contribution in [0.15, 0.2) is 120 Å². The van der Waals surface area contributed by atoms with E-state index in [-0.39, 0.29) is 35.8 Å². The summed E-state index contributed by atoms with van der Waals surface area (Å²) in [7, 11) is 0. The number of hydrogen-bond acceptors (Lipinski definition) is 0. The van der Waals surface area contributed by atoms with Gasteiger partial charge in [0.25, 0.3) is 0 Å². The van der Waals surface area contributed by atoms with E-state index in [0.717, 1.165) is 38.5 Å². The Morgan fingerprint density at radius 2 is 0.880 bits per heavy atom. The minimum Gasteiger partial charge on any atom is -0.179 e. The average molecular weight is 1060 g/mol. The molecule has 0 atom stereocenters. The quantitative estimate of drug-likeness (QED) is 0.120. The van der Waals surface area contributed by atoms with Crippen LogP contribution in [0.5, 0.6) is 0 Å². The van der Waals surface area contributed by atoms with Gasteiger partial charge in [0, 0.05) is 0 Å². The van der Waals surface area contributed by atoms with Crippen molar-refractivity contribution in [1.82, 2.24) is 0 Å². The predicted molar refractivity (Wildman–Crippen MR) is 218 cm³/mol. The van der Waals surface area contributed by atoms with Crippen molar-refractivity contribution in [2.24, 2.45) is 0 Å². The van der Waals surface area contributed by atoms with Crippen LogP contribution in [0.4, 0.5) is 0 Å². The second-order valence-corrected chi connectivity index (χ2v) is 37.7.